The minimum atomic E-state index is -0.651. The molecule has 138 valence electrons. The highest BCUT2D eigenvalue weighted by atomic mass is 32.2. The molecule has 2 aromatic rings. The number of rotatable bonds is 7. The molecule has 3 rings (SSSR count). The lowest BCUT2D eigenvalue weighted by molar-refractivity contribution is 0.0418. The number of carbonyl (C=O) groups is 1. The predicted molar refractivity (Wildman–Crippen MR) is 106 cm³/mol. The number of anilines is 1. The fraction of sp³-hybridized carbons (Fsp3) is 0.381. The van der Waals surface area contributed by atoms with Gasteiger partial charge >= 0.3 is 6.09 Å². The van der Waals surface area contributed by atoms with Crippen LogP contribution in [0.2, 0.25) is 0 Å². The molecule has 0 bridgehead atoms. The zero-order chi connectivity index (χ0) is 18.6. The molecule has 5 heteroatoms. The third kappa shape index (κ3) is 4.73. The highest BCUT2D eigenvalue weighted by molar-refractivity contribution is 7.99. The van der Waals surface area contributed by atoms with E-state index < -0.39 is 11.7 Å². The Labute approximate surface area is 159 Å². The molecule has 26 heavy (non-hydrogen) atoms. The van der Waals surface area contributed by atoms with Crippen molar-refractivity contribution in [2.45, 2.75) is 44.1 Å². The number of unbranched alkanes of at least 4 members (excludes halogenated alkanes) is 1. The number of aryl methyl sites for hydroxylation is 1. The Balaban J connectivity index is 1.45. The van der Waals surface area contributed by atoms with Crippen molar-refractivity contribution >= 4 is 23.5 Å². The van der Waals surface area contributed by atoms with Crippen molar-refractivity contribution in [3.05, 3.63) is 53.6 Å². The fourth-order valence-electron chi connectivity index (χ4n) is 2.93. The van der Waals surface area contributed by atoms with Crippen LogP contribution in [0.4, 0.5) is 10.5 Å². The van der Waals surface area contributed by atoms with E-state index in [-0.39, 0.29) is 0 Å². The molecule has 1 N–H and O–H groups in total. The van der Waals surface area contributed by atoms with Gasteiger partial charge in [-0.2, -0.15) is 0 Å². The highest BCUT2D eigenvalue weighted by Crippen LogP contribution is 2.37. The third-order valence-corrected chi connectivity index (χ3v) is 5.37. The van der Waals surface area contributed by atoms with Gasteiger partial charge in [0.05, 0.1) is 12.3 Å². The second kappa shape index (κ2) is 8.04. The average molecular weight is 372 g/mol. The van der Waals surface area contributed by atoms with Crippen molar-refractivity contribution in [2.75, 3.05) is 17.7 Å². The SMILES string of the molecule is Cc1cccc(SCCCCOc2ccc3c(c2)C(C)(C)OC(=O)N3)c1. The normalized spacial score (nSPS) is 15.0. The van der Waals surface area contributed by atoms with Crippen LogP contribution in [-0.2, 0) is 10.3 Å². The standard InChI is InChI=1S/C21H25NO3S/c1-15-7-6-8-17(13-15)26-12-5-4-11-24-16-9-10-19-18(14-16)21(2,3)25-20(23)22-19/h6-10,13-14H,4-5,11-12H2,1-3H3,(H,22,23). The number of fused-ring (bicyclic) bond motifs is 1. The average Bonchev–Trinajstić information content (AvgIpc) is 2.57. The first-order valence-electron chi connectivity index (χ1n) is 8.91. The van der Waals surface area contributed by atoms with Crippen LogP contribution in [0.25, 0.3) is 0 Å². The van der Waals surface area contributed by atoms with Crippen molar-refractivity contribution < 1.29 is 14.3 Å². The maximum Gasteiger partial charge on any atom is 0.412 e. The number of hydrogen-bond donors (Lipinski definition) is 1. The molecular formula is C21H25NO3S. The van der Waals surface area contributed by atoms with Crippen molar-refractivity contribution in [1.82, 2.24) is 0 Å². The number of carbonyl (C=O) groups excluding carboxylic acids is 1. The third-order valence-electron chi connectivity index (χ3n) is 4.29. The van der Waals surface area contributed by atoms with E-state index in [1.807, 2.05) is 43.8 Å². The topological polar surface area (TPSA) is 47.6 Å². The summed E-state index contributed by atoms with van der Waals surface area (Å²) in [5.74, 6) is 1.90. The lowest BCUT2D eigenvalue weighted by atomic mass is 9.94. The van der Waals surface area contributed by atoms with E-state index in [9.17, 15) is 4.79 Å². The van der Waals surface area contributed by atoms with E-state index in [2.05, 4.69) is 36.5 Å². The molecule has 0 aliphatic carbocycles. The van der Waals surface area contributed by atoms with Crippen LogP contribution in [0.3, 0.4) is 0 Å². The van der Waals surface area contributed by atoms with Gasteiger partial charge in [-0.3, -0.25) is 5.32 Å². The molecule has 0 saturated heterocycles. The smallest absolute Gasteiger partial charge is 0.412 e. The van der Waals surface area contributed by atoms with Crippen molar-refractivity contribution in [3.63, 3.8) is 0 Å². The Morgan fingerprint density at radius 3 is 2.81 bits per heavy atom. The van der Waals surface area contributed by atoms with Crippen molar-refractivity contribution in [3.8, 4) is 5.75 Å². The van der Waals surface area contributed by atoms with E-state index in [0.29, 0.717) is 6.61 Å². The Hall–Kier alpha value is -2.14. The molecule has 0 fully saturated rings. The summed E-state index contributed by atoms with van der Waals surface area (Å²) < 4.78 is 11.2. The van der Waals surface area contributed by atoms with Gasteiger partial charge in [0.1, 0.15) is 11.4 Å². The van der Waals surface area contributed by atoms with Gasteiger partial charge in [-0.15, -0.1) is 11.8 Å². The second-order valence-corrected chi connectivity index (χ2v) is 8.12. The molecule has 0 unspecified atom stereocenters. The van der Waals surface area contributed by atoms with E-state index >= 15 is 0 Å². The molecule has 1 aliphatic rings. The van der Waals surface area contributed by atoms with Gasteiger partial charge in [0.25, 0.3) is 0 Å². The van der Waals surface area contributed by atoms with Crippen LogP contribution < -0.4 is 10.1 Å². The molecule has 0 atom stereocenters. The molecule has 1 aliphatic heterocycles. The summed E-state index contributed by atoms with van der Waals surface area (Å²) in [6, 6.07) is 14.3. The van der Waals surface area contributed by atoms with E-state index in [1.54, 1.807) is 0 Å². The van der Waals surface area contributed by atoms with Crippen LogP contribution in [0, 0.1) is 6.92 Å². The van der Waals surface area contributed by atoms with Gasteiger partial charge in [0, 0.05) is 10.5 Å². The van der Waals surface area contributed by atoms with Gasteiger partial charge < -0.3 is 9.47 Å². The molecular weight excluding hydrogens is 346 g/mol. The molecule has 4 nitrogen and oxygen atoms in total. The number of amides is 1. The minimum absolute atomic E-state index is 0.415. The highest BCUT2D eigenvalue weighted by Gasteiger charge is 2.33. The molecule has 1 heterocycles. The predicted octanol–water partition coefficient (Wildman–Crippen LogP) is 5.74. The summed E-state index contributed by atoms with van der Waals surface area (Å²) in [7, 11) is 0. The molecule has 0 radical (unpaired) electrons. The minimum Gasteiger partial charge on any atom is -0.494 e. The summed E-state index contributed by atoms with van der Waals surface area (Å²) in [5.41, 5.74) is 2.37. The maximum atomic E-state index is 11.6. The first-order chi connectivity index (χ1) is 12.4. The van der Waals surface area contributed by atoms with Gasteiger partial charge in [-0.25, -0.2) is 4.79 Å². The van der Waals surface area contributed by atoms with Crippen LogP contribution in [0.15, 0.2) is 47.4 Å². The van der Waals surface area contributed by atoms with Crippen LogP contribution in [0.1, 0.15) is 37.8 Å². The zero-order valence-electron chi connectivity index (χ0n) is 15.5. The number of cyclic esters (lactones) is 1. The Kier molecular flexibility index (Phi) is 5.77. The van der Waals surface area contributed by atoms with Crippen molar-refractivity contribution in [1.29, 1.82) is 0 Å². The van der Waals surface area contributed by atoms with Crippen LogP contribution >= 0.6 is 11.8 Å². The number of thioether (sulfide) groups is 1. The molecule has 0 saturated carbocycles. The summed E-state index contributed by atoms with van der Waals surface area (Å²) in [6.45, 7) is 6.57. The zero-order valence-corrected chi connectivity index (χ0v) is 16.3. The number of nitrogens with one attached hydrogen (secondary N) is 1. The van der Waals surface area contributed by atoms with Gasteiger partial charge in [0.2, 0.25) is 0 Å². The Bertz CT molecular complexity index is 789. The lowest BCUT2D eigenvalue weighted by Gasteiger charge is -2.32. The number of ether oxygens (including phenoxy) is 2. The maximum absolute atomic E-state index is 11.6. The Morgan fingerprint density at radius 2 is 2.00 bits per heavy atom. The summed E-state index contributed by atoms with van der Waals surface area (Å²) in [6.07, 6.45) is 1.70. The molecule has 0 aromatic heterocycles. The quantitative estimate of drug-likeness (QED) is 0.498. The van der Waals surface area contributed by atoms with Crippen LogP contribution in [-0.4, -0.2) is 18.5 Å². The number of hydrogen-bond acceptors (Lipinski definition) is 4. The largest absolute Gasteiger partial charge is 0.494 e. The van der Waals surface area contributed by atoms with E-state index in [1.165, 1.54) is 10.5 Å². The number of benzene rings is 2. The van der Waals surface area contributed by atoms with Gasteiger partial charge in [-0.1, -0.05) is 17.7 Å². The molecule has 0 spiro atoms. The summed E-state index contributed by atoms with van der Waals surface area (Å²) in [4.78, 5) is 12.9. The van der Waals surface area contributed by atoms with E-state index in [4.69, 9.17) is 9.47 Å². The first kappa shape index (κ1) is 18.6. The summed E-state index contributed by atoms with van der Waals surface area (Å²) >= 11 is 1.89. The molecule has 1 amide bonds. The van der Waals surface area contributed by atoms with Gasteiger partial charge in [0.15, 0.2) is 0 Å². The monoisotopic (exact) mass is 371 g/mol. The first-order valence-corrected chi connectivity index (χ1v) is 9.89. The second-order valence-electron chi connectivity index (χ2n) is 6.95. The molecule has 2 aromatic carbocycles. The van der Waals surface area contributed by atoms with E-state index in [0.717, 1.165) is 35.6 Å². The Morgan fingerprint density at radius 1 is 1.15 bits per heavy atom. The lowest BCUT2D eigenvalue weighted by Crippen LogP contribution is -2.34. The fourth-order valence-corrected chi connectivity index (χ4v) is 3.96. The summed E-state index contributed by atoms with van der Waals surface area (Å²) in [5, 5.41) is 2.73. The van der Waals surface area contributed by atoms with Crippen LogP contribution in [0.5, 0.6) is 5.75 Å². The van der Waals surface area contributed by atoms with Crippen molar-refractivity contribution in [2.24, 2.45) is 0 Å². The van der Waals surface area contributed by atoms with Gasteiger partial charge in [-0.05, 0) is 69.7 Å².